The summed E-state index contributed by atoms with van der Waals surface area (Å²) in [6, 6.07) is 19.2. The highest BCUT2D eigenvalue weighted by Crippen LogP contribution is 2.46. The summed E-state index contributed by atoms with van der Waals surface area (Å²) in [6.07, 6.45) is 2.99. The van der Waals surface area contributed by atoms with Crippen molar-refractivity contribution in [1.29, 1.82) is 0 Å². The van der Waals surface area contributed by atoms with E-state index in [1.54, 1.807) is 11.3 Å². The van der Waals surface area contributed by atoms with Crippen LogP contribution in [0.4, 0.5) is 5.00 Å². The second kappa shape index (κ2) is 7.08. The third kappa shape index (κ3) is 3.04. The highest BCUT2D eigenvalue weighted by atomic mass is 32.1. The minimum absolute atomic E-state index is 0.0625. The molecule has 2 heterocycles. The zero-order chi connectivity index (χ0) is 22.0. The first-order valence-electron chi connectivity index (χ1n) is 11.5. The minimum Gasteiger partial charge on any atom is -0.353 e. The Morgan fingerprint density at radius 1 is 0.938 bits per heavy atom. The molecule has 4 aromatic rings. The molecule has 162 valence electrons. The van der Waals surface area contributed by atoms with Gasteiger partial charge in [0.2, 0.25) is 0 Å². The van der Waals surface area contributed by atoms with Gasteiger partial charge in [-0.3, -0.25) is 4.79 Å². The lowest BCUT2D eigenvalue weighted by molar-refractivity contribution is 0.0935. The molecule has 1 aliphatic heterocycles. The molecule has 0 spiro atoms. The summed E-state index contributed by atoms with van der Waals surface area (Å²) >= 11 is 1.80. The summed E-state index contributed by atoms with van der Waals surface area (Å²) in [5.74, 6) is 0.725. The average molecular weight is 441 g/mol. The summed E-state index contributed by atoms with van der Waals surface area (Å²) < 4.78 is 0. The number of thiophene rings is 1. The van der Waals surface area contributed by atoms with Crippen LogP contribution in [-0.4, -0.2) is 5.91 Å². The molecule has 0 saturated heterocycles. The molecule has 0 bridgehead atoms. The molecule has 2 atom stereocenters. The Morgan fingerprint density at radius 3 is 2.25 bits per heavy atom. The number of carbonyl (C=O) groups is 1. The fourth-order valence-electron chi connectivity index (χ4n) is 5.54. The van der Waals surface area contributed by atoms with Gasteiger partial charge in [-0.05, 0) is 63.8 Å². The van der Waals surface area contributed by atoms with Gasteiger partial charge in [-0.1, -0.05) is 69.3 Å². The highest BCUT2D eigenvalue weighted by Gasteiger charge is 2.37. The van der Waals surface area contributed by atoms with Crippen molar-refractivity contribution in [2.24, 2.45) is 11.3 Å². The van der Waals surface area contributed by atoms with Crippen molar-refractivity contribution >= 4 is 43.8 Å². The SMILES string of the molecule is CC(C)(C)[C@H]1CCc2c(sc3c2C(=O)N[C@H](c2c4ccccc4cc4ccccc24)N3)C1. The summed E-state index contributed by atoms with van der Waals surface area (Å²) in [4.78, 5) is 14.8. The fraction of sp³-hybridized carbons (Fsp3) is 0.321. The van der Waals surface area contributed by atoms with Crippen molar-refractivity contribution in [3.63, 3.8) is 0 Å². The van der Waals surface area contributed by atoms with E-state index in [4.69, 9.17) is 0 Å². The number of hydrogen-bond donors (Lipinski definition) is 2. The summed E-state index contributed by atoms with van der Waals surface area (Å²) in [6.45, 7) is 7.01. The Labute approximate surface area is 192 Å². The number of rotatable bonds is 1. The fourth-order valence-corrected chi connectivity index (χ4v) is 6.89. The van der Waals surface area contributed by atoms with Gasteiger partial charge in [0, 0.05) is 10.4 Å². The van der Waals surface area contributed by atoms with Crippen LogP contribution in [0.3, 0.4) is 0 Å². The van der Waals surface area contributed by atoms with E-state index in [9.17, 15) is 4.79 Å². The van der Waals surface area contributed by atoms with E-state index in [1.165, 1.54) is 32.0 Å². The number of hydrogen-bond acceptors (Lipinski definition) is 3. The number of benzene rings is 3. The maximum absolute atomic E-state index is 13.4. The molecule has 0 unspecified atom stereocenters. The van der Waals surface area contributed by atoms with Crippen LogP contribution in [-0.2, 0) is 12.8 Å². The van der Waals surface area contributed by atoms with E-state index < -0.39 is 0 Å². The van der Waals surface area contributed by atoms with Crippen molar-refractivity contribution in [1.82, 2.24) is 5.32 Å². The molecule has 2 aliphatic rings. The van der Waals surface area contributed by atoms with Crippen LogP contribution in [0, 0.1) is 11.3 Å². The quantitative estimate of drug-likeness (QED) is 0.311. The Balaban J connectivity index is 1.46. The van der Waals surface area contributed by atoms with Crippen LogP contribution >= 0.6 is 11.3 Å². The van der Waals surface area contributed by atoms with Crippen LogP contribution in [0.25, 0.3) is 21.5 Å². The Morgan fingerprint density at radius 2 is 1.59 bits per heavy atom. The lowest BCUT2D eigenvalue weighted by Gasteiger charge is -2.34. The smallest absolute Gasteiger partial charge is 0.256 e. The lowest BCUT2D eigenvalue weighted by Crippen LogP contribution is -2.38. The number of carbonyl (C=O) groups excluding carboxylic acids is 1. The molecule has 0 radical (unpaired) electrons. The molecule has 1 aromatic heterocycles. The minimum atomic E-state index is -0.246. The van der Waals surface area contributed by atoms with Crippen molar-refractivity contribution in [3.8, 4) is 0 Å². The predicted octanol–water partition coefficient (Wildman–Crippen LogP) is 7.06. The third-order valence-electron chi connectivity index (χ3n) is 7.37. The van der Waals surface area contributed by atoms with Crippen molar-refractivity contribution in [2.75, 3.05) is 5.32 Å². The highest BCUT2D eigenvalue weighted by molar-refractivity contribution is 7.16. The average Bonchev–Trinajstić information content (AvgIpc) is 3.15. The van der Waals surface area contributed by atoms with Gasteiger partial charge >= 0.3 is 0 Å². The van der Waals surface area contributed by atoms with E-state index >= 15 is 0 Å². The summed E-state index contributed by atoms with van der Waals surface area (Å²) in [5, 5.41) is 12.8. The van der Waals surface area contributed by atoms with E-state index in [1.807, 2.05) is 0 Å². The van der Waals surface area contributed by atoms with Crippen molar-refractivity contribution in [3.05, 3.63) is 76.2 Å². The van der Waals surface area contributed by atoms with Gasteiger partial charge in [0.05, 0.1) is 5.56 Å². The van der Waals surface area contributed by atoms with Gasteiger partial charge in [-0.2, -0.15) is 0 Å². The molecule has 4 heteroatoms. The summed E-state index contributed by atoms with van der Waals surface area (Å²) in [7, 11) is 0. The number of fused-ring (bicyclic) bond motifs is 5. The van der Waals surface area contributed by atoms with E-state index in [0.29, 0.717) is 11.3 Å². The molecule has 3 nitrogen and oxygen atoms in total. The summed E-state index contributed by atoms with van der Waals surface area (Å²) in [5.41, 5.74) is 3.61. The Kier molecular flexibility index (Phi) is 4.38. The van der Waals surface area contributed by atoms with Gasteiger partial charge in [0.15, 0.2) is 0 Å². The van der Waals surface area contributed by atoms with Crippen LogP contribution in [0.2, 0.25) is 0 Å². The van der Waals surface area contributed by atoms with Crippen LogP contribution in [0.1, 0.15) is 59.7 Å². The molecule has 6 rings (SSSR count). The van der Waals surface area contributed by atoms with Crippen LogP contribution in [0.5, 0.6) is 0 Å². The molecular weight excluding hydrogens is 412 g/mol. The van der Waals surface area contributed by atoms with Gasteiger partial charge in [0.25, 0.3) is 5.91 Å². The first-order valence-corrected chi connectivity index (χ1v) is 12.3. The maximum atomic E-state index is 13.4. The number of nitrogens with one attached hydrogen (secondary N) is 2. The van der Waals surface area contributed by atoms with E-state index in [0.717, 1.165) is 35.4 Å². The topological polar surface area (TPSA) is 41.1 Å². The van der Waals surface area contributed by atoms with Gasteiger partial charge < -0.3 is 10.6 Å². The molecule has 2 N–H and O–H groups in total. The number of anilines is 1. The van der Waals surface area contributed by atoms with Gasteiger partial charge in [-0.15, -0.1) is 11.3 Å². The monoisotopic (exact) mass is 440 g/mol. The number of amides is 1. The lowest BCUT2D eigenvalue weighted by atomic mass is 9.72. The van der Waals surface area contributed by atoms with E-state index in [-0.39, 0.29) is 12.1 Å². The molecular formula is C28H28N2OS. The van der Waals surface area contributed by atoms with Crippen molar-refractivity contribution in [2.45, 2.75) is 46.2 Å². The standard InChI is InChI=1S/C28H28N2OS/c1-28(2,3)18-12-13-21-22(15-18)32-27-24(21)26(31)29-25(30-27)23-19-10-6-4-8-16(19)14-17-9-5-7-11-20(17)23/h4-11,14,18,25,30H,12-13,15H2,1-3H3,(H,29,31)/t18-,25-/m0/s1. The molecule has 0 fully saturated rings. The van der Waals surface area contributed by atoms with Crippen LogP contribution < -0.4 is 10.6 Å². The zero-order valence-corrected chi connectivity index (χ0v) is 19.6. The van der Waals surface area contributed by atoms with E-state index in [2.05, 4.69) is 86.0 Å². The largest absolute Gasteiger partial charge is 0.353 e. The van der Waals surface area contributed by atoms with Crippen LogP contribution in [0.15, 0.2) is 54.6 Å². The molecule has 1 aliphatic carbocycles. The first kappa shape index (κ1) is 19.8. The molecule has 32 heavy (non-hydrogen) atoms. The van der Waals surface area contributed by atoms with Gasteiger partial charge in [0.1, 0.15) is 11.2 Å². The Hall–Kier alpha value is -2.85. The second-order valence-corrected chi connectivity index (χ2v) is 11.4. The maximum Gasteiger partial charge on any atom is 0.256 e. The van der Waals surface area contributed by atoms with Gasteiger partial charge in [-0.25, -0.2) is 0 Å². The van der Waals surface area contributed by atoms with Crippen molar-refractivity contribution < 1.29 is 4.79 Å². The normalized spacial score (nSPS) is 20.5. The molecule has 0 saturated carbocycles. The third-order valence-corrected chi connectivity index (χ3v) is 8.56. The molecule has 1 amide bonds. The predicted molar refractivity (Wildman–Crippen MR) is 135 cm³/mol. The Bertz CT molecular complexity index is 1320. The molecule has 3 aromatic carbocycles. The second-order valence-electron chi connectivity index (χ2n) is 10.3. The first-order chi connectivity index (χ1) is 15.4. The zero-order valence-electron chi connectivity index (χ0n) is 18.8.